The van der Waals surface area contributed by atoms with Crippen molar-refractivity contribution < 1.29 is 24.2 Å². The van der Waals surface area contributed by atoms with Gasteiger partial charge in [0.1, 0.15) is 23.7 Å². The van der Waals surface area contributed by atoms with E-state index < -0.39 is 5.97 Å². The first-order chi connectivity index (χ1) is 16.7. The Morgan fingerprint density at radius 1 is 1.29 bits per heavy atom. The van der Waals surface area contributed by atoms with Gasteiger partial charge in [-0.05, 0) is 63.5 Å². The summed E-state index contributed by atoms with van der Waals surface area (Å²) >= 11 is 0. The monoisotopic (exact) mass is 485 g/mol. The number of nitrogens with zero attached hydrogens (tertiary/aromatic N) is 5. The number of aliphatic carboxylic acids is 1. The fourth-order valence-corrected chi connectivity index (χ4v) is 5.07. The normalized spacial score (nSPS) is 20.5. The maximum Gasteiger partial charge on any atom is 0.410 e. The van der Waals surface area contributed by atoms with E-state index in [4.69, 9.17) is 14.6 Å². The standard InChI is InChI=1S/C25H35N5O5/c1-5-10-25(11-12-25)29(3)24(33)34-15-20-23(27-28-30(20)4)19-8-9-21(16(2)26-19)35-18-7-6-17(13-18)14-22(31)32/h8-9,17-18H,5-7,10-15H2,1-4H3,(H,31,32). The second-order valence-corrected chi connectivity index (χ2v) is 9.89. The Hall–Kier alpha value is -3.17. The van der Waals surface area contributed by atoms with E-state index >= 15 is 0 Å². The summed E-state index contributed by atoms with van der Waals surface area (Å²) < 4.78 is 13.4. The quantitative estimate of drug-likeness (QED) is 0.534. The molecule has 0 radical (unpaired) electrons. The second-order valence-electron chi connectivity index (χ2n) is 9.89. The van der Waals surface area contributed by atoms with Crippen LogP contribution in [0.3, 0.4) is 0 Å². The minimum absolute atomic E-state index is 0.00310. The first-order valence-electron chi connectivity index (χ1n) is 12.4. The lowest BCUT2D eigenvalue weighted by Gasteiger charge is -2.27. The fourth-order valence-electron chi connectivity index (χ4n) is 5.07. The van der Waals surface area contributed by atoms with Crippen LogP contribution in [0.15, 0.2) is 12.1 Å². The highest BCUT2D eigenvalue weighted by molar-refractivity contribution is 5.69. The topological polar surface area (TPSA) is 120 Å². The SMILES string of the molecule is CCCC1(N(C)C(=O)OCc2c(-c3ccc(OC4CCC(CC(=O)O)C4)c(C)n3)nnn2C)CC1. The number of hydrogen-bond donors (Lipinski definition) is 1. The lowest BCUT2D eigenvalue weighted by atomic mass is 10.0. The molecule has 0 spiro atoms. The lowest BCUT2D eigenvalue weighted by molar-refractivity contribution is -0.138. The number of ether oxygens (including phenoxy) is 2. The summed E-state index contributed by atoms with van der Waals surface area (Å²) in [5.74, 6) is 0.0764. The van der Waals surface area contributed by atoms with Gasteiger partial charge in [-0.1, -0.05) is 18.6 Å². The summed E-state index contributed by atoms with van der Waals surface area (Å²) in [6.45, 7) is 4.05. The van der Waals surface area contributed by atoms with Gasteiger partial charge in [0.25, 0.3) is 0 Å². The highest BCUT2D eigenvalue weighted by atomic mass is 16.6. The Kier molecular flexibility index (Phi) is 7.28. The molecule has 4 rings (SSSR count). The molecule has 35 heavy (non-hydrogen) atoms. The zero-order chi connectivity index (χ0) is 25.2. The number of carboxylic acid groups (broad SMARTS) is 1. The molecule has 0 aromatic carbocycles. The first-order valence-corrected chi connectivity index (χ1v) is 12.4. The van der Waals surface area contributed by atoms with E-state index in [9.17, 15) is 9.59 Å². The molecule has 1 N–H and O–H groups in total. The smallest absolute Gasteiger partial charge is 0.410 e. The van der Waals surface area contributed by atoms with Crippen LogP contribution in [0.2, 0.25) is 0 Å². The van der Waals surface area contributed by atoms with Crippen molar-refractivity contribution in [2.24, 2.45) is 13.0 Å². The molecule has 1 amide bonds. The van der Waals surface area contributed by atoms with Crippen molar-refractivity contribution in [2.45, 2.75) is 83.5 Å². The first kappa shape index (κ1) is 24.9. The predicted molar refractivity (Wildman–Crippen MR) is 128 cm³/mol. The molecule has 10 heteroatoms. The number of amides is 1. The average Bonchev–Trinajstić information content (AvgIpc) is 3.32. The lowest BCUT2D eigenvalue weighted by Crippen LogP contribution is -2.39. The number of carboxylic acids is 1. The van der Waals surface area contributed by atoms with Gasteiger partial charge in [0.05, 0.1) is 17.5 Å². The maximum absolute atomic E-state index is 12.7. The third kappa shape index (κ3) is 5.57. The third-order valence-corrected chi connectivity index (χ3v) is 7.33. The Bertz CT molecular complexity index is 1080. The molecule has 0 bridgehead atoms. The molecule has 2 unspecified atom stereocenters. The van der Waals surface area contributed by atoms with Crippen molar-refractivity contribution >= 4 is 12.1 Å². The Morgan fingerprint density at radius 3 is 2.71 bits per heavy atom. The zero-order valence-corrected chi connectivity index (χ0v) is 21.0. The van der Waals surface area contributed by atoms with Crippen LogP contribution in [0.25, 0.3) is 11.4 Å². The summed E-state index contributed by atoms with van der Waals surface area (Å²) in [6, 6.07) is 3.69. The maximum atomic E-state index is 12.7. The molecule has 2 aliphatic carbocycles. The van der Waals surface area contributed by atoms with Gasteiger partial charge in [0, 0.05) is 26.1 Å². The zero-order valence-electron chi connectivity index (χ0n) is 21.0. The average molecular weight is 486 g/mol. The van der Waals surface area contributed by atoms with E-state index in [1.54, 1.807) is 16.6 Å². The number of hydrogen-bond acceptors (Lipinski definition) is 7. The van der Waals surface area contributed by atoms with Crippen molar-refractivity contribution in [1.29, 1.82) is 0 Å². The highest BCUT2D eigenvalue weighted by Gasteiger charge is 2.48. The van der Waals surface area contributed by atoms with Crippen molar-refractivity contribution in [3.63, 3.8) is 0 Å². The van der Waals surface area contributed by atoms with Gasteiger partial charge >= 0.3 is 12.1 Å². The molecule has 10 nitrogen and oxygen atoms in total. The molecule has 2 saturated carbocycles. The summed E-state index contributed by atoms with van der Waals surface area (Å²) in [5.41, 5.74) is 2.52. The number of pyridine rings is 1. The van der Waals surface area contributed by atoms with E-state index in [1.165, 1.54) is 0 Å². The molecule has 2 atom stereocenters. The minimum atomic E-state index is -0.761. The molecule has 190 valence electrons. The summed E-state index contributed by atoms with van der Waals surface area (Å²) in [7, 11) is 3.58. The van der Waals surface area contributed by atoms with Crippen molar-refractivity contribution in [1.82, 2.24) is 24.9 Å². The number of carbonyl (C=O) groups is 2. The van der Waals surface area contributed by atoms with Crippen LogP contribution in [0.4, 0.5) is 4.79 Å². The van der Waals surface area contributed by atoms with Crippen LogP contribution < -0.4 is 4.74 Å². The van der Waals surface area contributed by atoms with Gasteiger partial charge < -0.3 is 19.5 Å². The van der Waals surface area contributed by atoms with Crippen LogP contribution >= 0.6 is 0 Å². The minimum Gasteiger partial charge on any atom is -0.489 e. The molecule has 0 saturated heterocycles. The number of aryl methyl sites for hydroxylation is 2. The largest absolute Gasteiger partial charge is 0.489 e. The number of carbonyl (C=O) groups excluding carboxylic acids is 1. The van der Waals surface area contributed by atoms with Gasteiger partial charge in [-0.2, -0.15) is 0 Å². The summed E-state index contributed by atoms with van der Waals surface area (Å²) in [6.07, 6.45) is 6.33. The van der Waals surface area contributed by atoms with Gasteiger partial charge in [-0.3, -0.25) is 4.79 Å². The number of aromatic nitrogens is 4. The highest BCUT2D eigenvalue weighted by Crippen LogP contribution is 2.45. The van der Waals surface area contributed by atoms with Gasteiger partial charge in [-0.25, -0.2) is 14.5 Å². The Morgan fingerprint density at radius 2 is 2.06 bits per heavy atom. The molecule has 2 fully saturated rings. The molecular weight excluding hydrogens is 450 g/mol. The molecule has 0 aliphatic heterocycles. The molecule has 2 aliphatic rings. The van der Waals surface area contributed by atoms with Crippen molar-refractivity contribution in [3.05, 3.63) is 23.5 Å². The van der Waals surface area contributed by atoms with Gasteiger partial charge in [-0.15, -0.1) is 5.10 Å². The van der Waals surface area contributed by atoms with E-state index in [0.717, 1.165) is 44.9 Å². The second kappa shape index (κ2) is 10.2. The van der Waals surface area contributed by atoms with Crippen LogP contribution in [-0.2, 0) is 23.2 Å². The van der Waals surface area contributed by atoms with Crippen LogP contribution in [-0.4, -0.2) is 60.7 Å². The Labute approximate surface area is 205 Å². The Balaban J connectivity index is 1.40. The number of rotatable bonds is 10. The van der Waals surface area contributed by atoms with Crippen molar-refractivity contribution in [3.8, 4) is 17.1 Å². The van der Waals surface area contributed by atoms with E-state index in [-0.39, 0.29) is 36.7 Å². The molecule has 2 aromatic rings. The van der Waals surface area contributed by atoms with E-state index in [0.29, 0.717) is 28.5 Å². The third-order valence-electron chi connectivity index (χ3n) is 7.33. The van der Waals surface area contributed by atoms with E-state index in [2.05, 4.69) is 22.2 Å². The van der Waals surface area contributed by atoms with E-state index in [1.807, 2.05) is 26.1 Å². The van der Waals surface area contributed by atoms with Crippen LogP contribution in [0, 0.1) is 12.8 Å². The molecular formula is C25H35N5O5. The van der Waals surface area contributed by atoms with Crippen LogP contribution in [0.5, 0.6) is 5.75 Å². The van der Waals surface area contributed by atoms with Gasteiger partial charge in [0.2, 0.25) is 0 Å². The van der Waals surface area contributed by atoms with Crippen molar-refractivity contribution in [2.75, 3.05) is 7.05 Å². The van der Waals surface area contributed by atoms with Crippen LogP contribution in [0.1, 0.15) is 69.7 Å². The molecule has 2 heterocycles. The predicted octanol–water partition coefficient (Wildman–Crippen LogP) is 4.11. The summed E-state index contributed by atoms with van der Waals surface area (Å²) in [4.78, 5) is 30.1. The van der Waals surface area contributed by atoms with Gasteiger partial charge in [0.15, 0.2) is 0 Å². The molecule has 2 aromatic heterocycles. The summed E-state index contributed by atoms with van der Waals surface area (Å²) in [5, 5.41) is 17.4. The fraction of sp³-hybridized carbons (Fsp3) is 0.640.